The van der Waals surface area contributed by atoms with E-state index in [4.69, 9.17) is 9.47 Å². The standard InChI is InChI=1S/C32H43N3O7/c1-6-8-14-25(37)33-18-21(5)41-31(40)26-24-15-16-32(42-24)27(26)29(38)35(23(19-36)22-12-10-9-11-13-22)28(32)30(39)34(17-7-2)20(3)4/h6-7,9-13,20-21,23-24,26-28,36H,1-2,8,14-19H2,3-5H3,(H,33,37)/t21-,23+,24-,26+,27+,28-,32+/m0/s1. The molecule has 3 amide bonds. The first kappa shape index (κ1) is 31.4. The van der Waals surface area contributed by atoms with Crippen molar-refractivity contribution < 1.29 is 33.8 Å². The molecule has 0 unspecified atom stereocenters. The van der Waals surface area contributed by atoms with E-state index in [-0.39, 0.29) is 30.9 Å². The summed E-state index contributed by atoms with van der Waals surface area (Å²) < 4.78 is 12.3. The number of esters is 1. The monoisotopic (exact) mass is 581 g/mol. The minimum absolute atomic E-state index is 0.127. The van der Waals surface area contributed by atoms with Gasteiger partial charge in [-0.25, -0.2) is 0 Å². The van der Waals surface area contributed by atoms with Crippen molar-refractivity contribution in [1.82, 2.24) is 15.1 Å². The van der Waals surface area contributed by atoms with Crippen LogP contribution in [0.25, 0.3) is 0 Å². The lowest BCUT2D eigenvalue weighted by Gasteiger charge is -2.40. The Hall–Kier alpha value is -3.50. The van der Waals surface area contributed by atoms with E-state index in [0.717, 1.165) is 0 Å². The number of carbonyl (C=O) groups is 4. The number of carbonyl (C=O) groups excluding carboxylic acids is 4. The number of nitrogens with zero attached hydrogens (tertiary/aromatic N) is 2. The summed E-state index contributed by atoms with van der Waals surface area (Å²) in [5.41, 5.74) is -0.557. The number of ether oxygens (including phenoxy) is 2. The van der Waals surface area contributed by atoms with Crippen molar-refractivity contribution in [3.8, 4) is 0 Å². The van der Waals surface area contributed by atoms with Gasteiger partial charge in [-0.05, 0) is 45.6 Å². The molecule has 3 aliphatic heterocycles. The van der Waals surface area contributed by atoms with Crippen LogP contribution >= 0.6 is 0 Å². The Morgan fingerprint density at radius 3 is 2.55 bits per heavy atom. The zero-order valence-electron chi connectivity index (χ0n) is 24.7. The summed E-state index contributed by atoms with van der Waals surface area (Å²) in [5, 5.41) is 13.3. The molecule has 1 aromatic rings. The highest BCUT2D eigenvalue weighted by Gasteiger charge is 2.75. The fourth-order valence-electron chi connectivity index (χ4n) is 6.75. The highest BCUT2D eigenvalue weighted by atomic mass is 16.6. The Morgan fingerprint density at radius 1 is 1.21 bits per heavy atom. The van der Waals surface area contributed by atoms with Crippen LogP contribution in [0.5, 0.6) is 0 Å². The number of fused-ring (bicyclic) bond motifs is 1. The van der Waals surface area contributed by atoms with Crippen LogP contribution in [0.15, 0.2) is 55.6 Å². The molecule has 0 aromatic heterocycles. The van der Waals surface area contributed by atoms with Gasteiger partial charge in [-0.1, -0.05) is 42.5 Å². The molecule has 3 aliphatic rings. The average Bonchev–Trinajstić information content (AvgIpc) is 3.62. The number of amides is 3. The van der Waals surface area contributed by atoms with E-state index in [1.807, 2.05) is 32.0 Å². The second-order valence-corrected chi connectivity index (χ2v) is 11.7. The van der Waals surface area contributed by atoms with Gasteiger partial charge >= 0.3 is 5.97 Å². The van der Waals surface area contributed by atoms with Crippen LogP contribution in [-0.4, -0.2) is 88.2 Å². The maximum absolute atomic E-state index is 14.4. The SMILES string of the molecule is C=CCCC(=O)NC[C@H](C)OC(=O)[C@@H]1[C@@H]2CC[C@]3(O2)[C@H](C(=O)N(CC=C)C(C)C)N([C@H](CO)c2ccccc2)C(=O)[C@@H]13. The van der Waals surface area contributed by atoms with Gasteiger partial charge in [0.25, 0.3) is 0 Å². The van der Waals surface area contributed by atoms with Crippen LogP contribution in [-0.2, 0) is 28.7 Å². The van der Waals surface area contributed by atoms with Gasteiger partial charge in [0.2, 0.25) is 17.7 Å². The molecule has 228 valence electrons. The minimum Gasteiger partial charge on any atom is -0.460 e. The summed E-state index contributed by atoms with van der Waals surface area (Å²) in [6.07, 6.45) is 3.84. The van der Waals surface area contributed by atoms with Gasteiger partial charge in [-0.2, -0.15) is 0 Å². The minimum atomic E-state index is -1.23. The molecule has 0 radical (unpaired) electrons. The fraction of sp³-hybridized carbons (Fsp3) is 0.562. The quantitative estimate of drug-likeness (QED) is 0.256. The predicted molar refractivity (Wildman–Crippen MR) is 156 cm³/mol. The molecule has 1 aromatic carbocycles. The van der Waals surface area contributed by atoms with Gasteiger partial charge in [0, 0.05) is 19.0 Å². The first-order valence-corrected chi connectivity index (χ1v) is 14.8. The Labute approximate surface area is 247 Å². The van der Waals surface area contributed by atoms with E-state index in [9.17, 15) is 24.3 Å². The fourth-order valence-corrected chi connectivity index (χ4v) is 6.75. The summed E-state index contributed by atoms with van der Waals surface area (Å²) in [7, 11) is 0. The Kier molecular flexibility index (Phi) is 9.89. The van der Waals surface area contributed by atoms with Gasteiger partial charge in [0.15, 0.2) is 0 Å². The first-order chi connectivity index (χ1) is 20.1. The van der Waals surface area contributed by atoms with E-state index in [1.54, 1.807) is 36.1 Å². The van der Waals surface area contributed by atoms with Crippen molar-refractivity contribution in [3.05, 3.63) is 61.2 Å². The van der Waals surface area contributed by atoms with E-state index in [0.29, 0.717) is 31.2 Å². The summed E-state index contributed by atoms with van der Waals surface area (Å²) in [6, 6.07) is 7.03. The average molecular weight is 582 g/mol. The topological polar surface area (TPSA) is 125 Å². The van der Waals surface area contributed by atoms with Crippen LogP contribution in [0.2, 0.25) is 0 Å². The van der Waals surface area contributed by atoms with Gasteiger partial charge in [0.05, 0.1) is 37.1 Å². The second kappa shape index (κ2) is 13.2. The van der Waals surface area contributed by atoms with E-state index in [1.165, 1.54) is 4.90 Å². The highest BCUT2D eigenvalue weighted by Crippen LogP contribution is 2.60. The molecule has 3 fully saturated rings. The largest absolute Gasteiger partial charge is 0.460 e. The zero-order valence-corrected chi connectivity index (χ0v) is 24.7. The molecular formula is C32H43N3O7. The smallest absolute Gasteiger partial charge is 0.312 e. The normalized spacial score (nSPS) is 27.4. The summed E-state index contributed by atoms with van der Waals surface area (Å²) >= 11 is 0. The number of allylic oxidation sites excluding steroid dienone is 1. The van der Waals surface area contributed by atoms with Gasteiger partial charge < -0.3 is 29.7 Å². The highest BCUT2D eigenvalue weighted by molar-refractivity contribution is 5.98. The molecule has 10 nitrogen and oxygen atoms in total. The number of hydrogen-bond donors (Lipinski definition) is 2. The number of benzene rings is 1. The maximum Gasteiger partial charge on any atom is 0.312 e. The summed E-state index contributed by atoms with van der Waals surface area (Å²) in [5.74, 6) is -3.33. The third-order valence-corrected chi connectivity index (χ3v) is 8.65. The molecule has 3 saturated heterocycles. The molecule has 4 rings (SSSR count). The molecule has 10 heteroatoms. The molecule has 0 aliphatic carbocycles. The molecule has 2 N–H and O–H groups in total. The Bertz CT molecular complexity index is 1190. The molecule has 3 heterocycles. The van der Waals surface area contributed by atoms with Crippen molar-refractivity contribution in [2.45, 2.75) is 82.4 Å². The lowest BCUT2D eigenvalue weighted by atomic mass is 9.70. The van der Waals surface area contributed by atoms with E-state index >= 15 is 0 Å². The molecule has 7 atom stereocenters. The van der Waals surface area contributed by atoms with E-state index in [2.05, 4.69) is 18.5 Å². The van der Waals surface area contributed by atoms with Crippen LogP contribution in [0.3, 0.4) is 0 Å². The Morgan fingerprint density at radius 2 is 1.93 bits per heavy atom. The number of nitrogens with one attached hydrogen (secondary N) is 1. The second-order valence-electron chi connectivity index (χ2n) is 11.7. The van der Waals surface area contributed by atoms with Crippen molar-refractivity contribution in [3.63, 3.8) is 0 Å². The molecule has 42 heavy (non-hydrogen) atoms. The maximum atomic E-state index is 14.4. The molecule has 1 spiro atoms. The number of rotatable bonds is 14. The third-order valence-electron chi connectivity index (χ3n) is 8.65. The number of aliphatic hydroxyl groups excluding tert-OH is 1. The van der Waals surface area contributed by atoms with Crippen molar-refractivity contribution in [1.29, 1.82) is 0 Å². The summed E-state index contributed by atoms with van der Waals surface area (Å²) in [6.45, 7) is 12.9. The third kappa shape index (κ3) is 5.74. The lowest BCUT2D eigenvalue weighted by Crippen LogP contribution is -2.58. The van der Waals surface area contributed by atoms with Crippen LogP contribution < -0.4 is 5.32 Å². The summed E-state index contributed by atoms with van der Waals surface area (Å²) in [4.78, 5) is 57.5. The number of likely N-dealkylation sites (tertiary alicyclic amines) is 1. The van der Waals surface area contributed by atoms with Crippen molar-refractivity contribution in [2.75, 3.05) is 19.7 Å². The van der Waals surface area contributed by atoms with Crippen LogP contribution in [0.1, 0.15) is 58.1 Å². The molecular weight excluding hydrogens is 538 g/mol. The molecule has 0 saturated carbocycles. The van der Waals surface area contributed by atoms with Crippen molar-refractivity contribution in [2.24, 2.45) is 11.8 Å². The van der Waals surface area contributed by atoms with Crippen molar-refractivity contribution >= 4 is 23.7 Å². The van der Waals surface area contributed by atoms with Crippen LogP contribution in [0, 0.1) is 11.8 Å². The predicted octanol–water partition coefficient (Wildman–Crippen LogP) is 2.53. The Balaban J connectivity index is 1.66. The zero-order chi connectivity index (χ0) is 30.6. The first-order valence-electron chi connectivity index (χ1n) is 14.8. The lowest BCUT2D eigenvalue weighted by molar-refractivity contribution is -0.160. The van der Waals surface area contributed by atoms with E-state index < -0.39 is 60.2 Å². The van der Waals surface area contributed by atoms with Gasteiger partial charge in [-0.15, -0.1) is 13.2 Å². The molecule has 2 bridgehead atoms. The van der Waals surface area contributed by atoms with Crippen LogP contribution in [0.4, 0.5) is 0 Å². The number of hydrogen-bond acceptors (Lipinski definition) is 7. The van der Waals surface area contributed by atoms with Gasteiger partial charge in [0.1, 0.15) is 17.7 Å². The number of aliphatic hydroxyl groups is 1. The van der Waals surface area contributed by atoms with Gasteiger partial charge in [-0.3, -0.25) is 19.2 Å².